The van der Waals surface area contributed by atoms with Gasteiger partial charge in [-0.25, -0.2) is 0 Å². The van der Waals surface area contributed by atoms with Gasteiger partial charge in [-0.3, -0.25) is 0 Å². The normalized spacial score (nSPS) is 15.6. The van der Waals surface area contributed by atoms with E-state index in [2.05, 4.69) is 231 Å². The number of aryl methyl sites for hydroxylation is 3. The highest BCUT2D eigenvalue weighted by molar-refractivity contribution is 7.00. The van der Waals surface area contributed by atoms with Crippen molar-refractivity contribution in [2.24, 2.45) is 0 Å². The molecule has 9 aromatic rings. The molecule has 3 nitrogen and oxygen atoms in total. The van der Waals surface area contributed by atoms with Crippen LogP contribution in [0.5, 0.6) is 0 Å². The van der Waals surface area contributed by atoms with Gasteiger partial charge < -0.3 is 14.2 Å². The van der Waals surface area contributed by atoms with E-state index in [1.165, 1.54) is 94.8 Å². The quantitative estimate of drug-likeness (QED) is 0.164. The predicted octanol–water partition coefficient (Wildman–Crippen LogP) is 15.6. The average molecular weight is 871 g/mol. The summed E-state index contributed by atoms with van der Waals surface area (Å²) in [5.74, 6) is 0. The summed E-state index contributed by atoms with van der Waals surface area (Å²) in [6, 6.07) is 57.5. The van der Waals surface area contributed by atoms with Gasteiger partial charge >= 0.3 is 0 Å². The minimum Gasteiger partial charge on any atom is -0.454 e. The number of para-hydroxylation sites is 2. The number of nitrogens with zero attached hydrogens (tertiary/aromatic N) is 2. The van der Waals surface area contributed by atoms with Gasteiger partial charge in [0.05, 0.1) is 11.4 Å². The Morgan fingerprint density at radius 2 is 1.16 bits per heavy atom. The second kappa shape index (κ2) is 14.6. The van der Waals surface area contributed by atoms with Crippen molar-refractivity contribution in [2.45, 2.75) is 98.3 Å². The first-order valence-electron chi connectivity index (χ1n) is 24.3. The molecule has 0 radical (unpaired) electrons. The van der Waals surface area contributed by atoms with Crippen LogP contribution in [-0.4, -0.2) is 6.71 Å². The summed E-state index contributed by atoms with van der Waals surface area (Å²) < 4.78 is 7.19. The minimum atomic E-state index is -0.0729. The molecule has 67 heavy (non-hydrogen) atoms. The van der Waals surface area contributed by atoms with Crippen molar-refractivity contribution in [1.29, 1.82) is 0 Å². The first-order chi connectivity index (χ1) is 32.1. The maximum atomic E-state index is 7.19. The molecule has 0 spiro atoms. The molecule has 8 aromatic carbocycles. The van der Waals surface area contributed by atoms with Gasteiger partial charge in [-0.15, -0.1) is 0 Å². The maximum absolute atomic E-state index is 7.19. The highest BCUT2D eigenvalue weighted by atomic mass is 16.3. The maximum Gasteiger partial charge on any atom is 0.252 e. The highest BCUT2D eigenvalue weighted by Crippen LogP contribution is 2.53. The topological polar surface area (TPSA) is 19.6 Å². The Morgan fingerprint density at radius 1 is 0.507 bits per heavy atom. The minimum absolute atomic E-state index is 0.0165. The number of anilines is 6. The molecule has 1 aliphatic carbocycles. The van der Waals surface area contributed by atoms with Crippen molar-refractivity contribution < 1.29 is 4.42 Å². The van der Waals surface area contributed by atoms with Crippen LogP contribution in [0.2, 0.25) is 0 Å². The van der Waals surface area contributed by atoms with E-state index in [9.17, 15) is 0 Å². The molecule has 0 N–H and O–H groups in total. The SMILES string of the molecule is Cc1cc(C(C)(C)C)ccc1N1c2cc3c(cc2B2c4ccc5c(oc6ccccc65)c4N(c4ccccc4-c4ccccc4)c4cc(-c5c(C)cccc5C)cc1c42)C(C)(C)CCC3(C)C. The fourth-order valence-corrected chi connectivity index (χ4v) is 12.1. The van der Waals surface area contributed by atoms with Gasteiger partial charge in [0.1, 0.15) is 5.58 Å². The van der Waals surface area contributed by atoms with Crippen LogP contribution >= 0.6 is 0 Å². The molecule has 3 heterocycles. The molecule has 0 amide bonds. The van der Waals surface area contributed by atoms with E-state index in [1.807, 2.05) is 0 Å². The van der Waals surface area contributed by atoms with Crippen LogP contribution in [0.1, 0.15) is 94.7 Å². The second-order valence-corrected chi connectivity index (χ2v) is 22.1. The Kier molecular flexibility index (Phi) is 9.08. The number of furan rings is 1. The summed E-state index contributed by atoms with van der Waals surface area (Å²) in [5.41, 5.74) is 25.9. The molecule has 4 heteroatoms. The van der Waals surface area contributed by atoms with Crippen LogP contribution in [0.25, 0.3) is 44.2 Å². The Bertz CT molecular complexity index is 3490. The summed E-state index contributed by atoms with van der Waals surface area (Å²) >= 11 is 0. The summed E-state index contributed by atoms with van der Waals surface area (Å²) in [6.07, 6.45) is 2.30. The number of hydrogen-bond donors (Lipinski definition) is 0. The fraction of sp³-hybridized carbons (Fsp3) is 0.238. The molecule has 0 unspecified atom stereocenters. The smallest absolute Gasteiger partial charge is 0.252 e. The molecule has 1 aromatic heterocycles. The van der Waals surface area contributed by atoms with Crippen LogP contribution in [0, 0.1) is 20.8 Å². The van der Waals surface area contributed by atoms with E-state index < -0.39 is 0 Å². The Hall–Kier alpha value is -6.78. The highest BCUT2D eigenvalue weighted by Gasteiger charge is 2.48. The van der Waals surface area contributed by atoms with E-state index in [0.717, 1.165) is 46.2 Å². The van der Waals surface area contributed by atoms with Crippen LogP contribution in [0.15, 0.2) is 156 Å². The average Bonchev–Trinajstić information content (AvgIpc) is 3.69. The van der Waals surface area contributed by atoms with Crippen LogP contribution in [-0.2, 0) is 16.2 Å². The number of fused-ring (bicyclic) bond motifs is 9. The molecule has 0 bridgehead atoms. The summed E-state index contributed by atoms with van der Waals surface area (Å²) in [6.45, 7) is 23.6. The van der Waals surface area contributed by atoms with Crippen molar-refractivity contribution in [3.8, 4) is 22.3 Å². The van der Waals surface area contributed by atoms with Crippen molar-refractivity contribution in [1.82, 2.24) is 0 Å². The van der Waals surface area contributed by atoms with E-state index in [0.29, 0.717) is 0 Å². The summed E-state index contributed by atoms with van der Waals surface area (Å²) in [4.78, 5) is 5.24. The van der Waals surface area contributed by atoms with Gasteiger partial charge in [0.25, 0.3) is 6.71 Å². The Balaban J connectivity index is 1.28. The first kappa shape index (κ1) is 41.6. The van der Waals surface area contributed by atoms with E-state index in [-0.39, 0.29) is 23.0 Å². The molecule has 0 saturated carbocycles. The number of benzene rings is 8. The third-order valence-corrected chi connectivity index (χ3v) is 15.8. The standard InChI is InChI=1S/C63H59BN2O/c1-38-19-18-20-39(2)57(38)42-34-54-58-55(35-42)66(52-25-16-14-23-44(52)41-21-12-11-13-22-41)59-49(29-28-46-45-24-15-17-26-56(45)67-60(46)59)64(58)50-36-47-48(63(9,10)32-31-62(47,7)8)37-53(50)65(54)51-30-27-43(33-40(51)3)61(4,5)6/h11-30,33-37H,31-32H2,1-10H3. The van der Waals surface area contributed by atoms with Gasteiger partial charge in [0.2, 0.25) is 0 Å². The molecule has 0 saturated heterocycles. The monoisotopic (exact) mass is 870 g/mol. The molecule has 2 aliphatic heterocycles. The summed E-state index contributed by atoms with van der Waals surface area (Å²) in [5, 5.41) is 2.27. The lowest BCUT2D eigenvalue weighted by atomic mass is 9.33. The van der Waals surface area contributed by atoms with Crippen LogP contribution < -0.4 is 26.2 Å². The molecule has 12 rings (SSSR count). The van der Waals surface area contributed by atoms with Crippen molar-refractivity contribution >= 4 is 79.2 Å². The second-order valence-electron chi connectivity index (χ2n) is 22.1. The Morgan fingerprint density at radius 3 is 1.88 bits per heavy atom. The van der Waals surface area contributed by atoms with Gasteiger partial charge in [-0.1, -0.05) is 164 Å². The van der Waals surface area contributed by atoms with Gasteiger partial charge in [-0.05, 0) is 153 Å². The fourth-order valence-electron chi connectivity index (χ4n) is 12.1. The lowest BCUT2D eigenvalue weighted by Crippen LogP contribution is -2.62. The lowest BCUT2D eigenvalue weighted by Gasteiger charge is -2.48. The largest absolute Gasteiger partial charge is 0.454 e. The van der Waals surface area contributed by atoms with Crippen LogP contribution in [0.3, 0.4) is 0 Å². The molecule has 3 aliphatic rings. The van der Waals surface area contributed by atoms with E-state index in [4.69, 9.17) is 4.42 Å². The number of rotatable bonds is 4. The first-order valence-corrected chi connectivity index (χ1v) is 24.3. The predicted molar refractivity (Wildman–Crippen MR) is 287 cm³/mol. The van der Waals surface area contributed by atoms with Crippen molar-refractivity contribution in [3.05, 3.63) is 185 Å². The Labute approximate surface area is 397 Å². The molecular formula is C63H59BN2O. The molecule has 0 fully saturated rings. The number of hydrogen-bond acceptors (Lipinski definition) is 3. The van der Waals surface area contributed by atoms with Gasteiger partial charge in [-0.2, -0.15) is 0 Å². The van der Waals surface area contributed by atoms with Crippen molar-refractivity contribution in [3.63, 3.8) is 0 Å². The third kappa shape index (κ3) is 6.25. The lowest BCUT2D eigenvalue weighted by molar-refractivity contribution is 0.332. The van der Waals surface area contributed by atoms with Crippen LogP contribution in [0.4, 0.5) is 34.1 Å². The molecular weight excluding hydrogens is 812 g/mol. The van der Waals surface area contributed by atoms with Crippen molar-refractivity contribution in [2.75, 3.05) is 9.80 Å². The van der Waals surface area contributed by atoms with Gasteiger partial charge in [0.15, 0.2) is 5.58 Å². The molecule has 0 atom stereocenters. The van der Waals surface area contributed by atoms with Gasteiger partial charge in [0, 0.05) is 39.1 Å². The zero-order valence-corrected chi connectivity index (χ0v) is 40.7. The van der Waals surface area contributed by atoms with E-state index >= 15 is 0 Å². The zero-order valence-electron chi connectivity index (χ0n) is 40.7. The summed E-state index contributed by atoms with van der Waals surface area (Å²) in [7, 11) is 0. The zero-order chi connectivity index (χ0) is 46.3. The van der Waals surface area contributed by atoms with E-state index in [1.54, 1.807) is 0 Å². The third-order valence-electron chi connectivity index (χ3n) is 15.8. The molecule has 330 valence electrons.